The molecule has 5 heteroatoms. The molecule has 0 atom stereocenters. The minimum Gasteiger partial charge on any atom is -0.307 e. The summed E-state index contributed by atoms with van der Waals surface area (Å²) in [6.45, 7) is 6.00. The van der Waals surface area contributed by atoms with Crippen LogP contribution in [0.2, 0.25) is 0 Å². The molecule has 0 radical (unpaired) electrons. The second kappa shape index (κ2) is 5.69. The maximum absolute atomic E-state index is 12.2. The molecule has 0 saturated carbocycles. The van der Waals surface area contributed by atoms with Crippen molar-refractivity contribution in [3.05, 3.63) is 47.2 Å². The van der Waals surface area contributed by atoms with E-state index < -0.39 is 0 Å². The van der Waals surface area contributed by atoms with Crippen LogP contribution in [0.15, 0.2) is 30.5 Å². The topological polar surface area (TPSA) is 64.0 Å². The molecule has 0 unspecified atom stereocenters. The van der Waals surface area contributed by atoms with Crippen molar-refractivity contribution in [2.45, 2.75) is 27.3 Å². The summed E-state index contributed by atoms with van der Waals surface area (Å²) >= 11 is 0. The largest absolute Gasteiger partial charge is 0.307 e. The lowest BCUT2D eigenvalue weighted by Crippen LogP contribution is -2.16. The zero-order valence-electron chi connectivity index (χ0n) is 11.8. The number of aromatic nitrogens is 2. The summed E-state index contributed by atoms with van der Waals surface area (Å²) in [7, 11) is 0. The zero-order valence-corrected chi connectivity index (χ0v) is 11.8. The lowest BCUT2D eigenvalue weighted by molar-refractivity contribution is 0.101. The van der Waals surface area contributed by atoms with Crippen LogP contribution in [0.25, 0.3) is 0 Å². The van der Waals surface area contributed by atoms with Gasteiger partial charge in [0.05, 0.1) is 6.20 Å². The van der Waals surface area contributed by atoms with Crippen molar-refractivity contribution in [3.8, 4) is 0 Å². The number of anilines is 1. The number of hydrogen-bond acceptors (Lipinski definition) is 3. The lowest BCUT2D eigenvalue weighted by atomic mass is 10.1. The van der Waals surface area contributed by atoms with E-state index >= 15 is 0 Å². The molecule has 1 amide bonds. The van der Waals surface area contributed by atoms with E-state index in [2.05, 4.69) is 10.4 Å². The van der Waals surface area contributed by atoms with Gasteiger partial charge in [0.1, 0.15) is 5.82 Å². The summed E-state index contributed by atoms with van der Waals surface area (Å²) in [6.07, 6.45) is 1.71. The SMILES string of the molecule is CCn1ncc(C)c1NC(=O)c1cccc(C(C)=O)c1. The highest BCUT2D eigenvalue weighted by atomic mass is 16.1. The third-order valence-corrected chi connectivity index (χ3v) is 3.09. The van der Waals surface area contributed by atoms with Crippen LogP contribution in [0.4, 0.5) is 5.82 Å². The molecule has 1 heterocycles. The molecule has 2 rings (SSSR count). The molecular weight excluding hydrogens is 254 g/mol. The summed E-state index contributed by atoms with van der Waals surface area (Å²) < 4.78 is 1.72. The normalized spacial score (nSPS) is 10.3. The standard InChI is InChI=1S/C15H17N3O2/c1-4-18-14(10(2)9-16-18)17-15(20)13-7-5-6-12(8-13)11(3)19/h5-9H,4H2,1-3H3,(H,17,20). The van der Waals surface area contributed by atoms with E-state index in [9.17, 15) is 9.59 Å². The fourth-order valence-electron chi connectivity index (χ4n) is 1.94. The minimum atomic E-state index is -0.244. The van der Waals surface area contributed by atoms with E-state index in [4.69, 9.17) is 0 Å². The predicted octanol–water partition coefficient (Wildman–Crippen LogP) is 2.67. The summed E-state index contributed by atoms with van der Waals surface area (Å²) in [5.74, 6) is 0.381. The van der Waals surface area contributed by atoms with Crippen molar-refractivity contribution in [2.75, 3.05) is 5.32 Å². The monoisotopic (exact) mass is 271 g/mol. The third kappa shape index (κ3) is 2.77. The van der Waals surface area contributed by atoms with Crippen molar-refractivity contribution in [2.24, 2.45) is 0 Å². The Hall–Kier alpha value is -2.43. The molecule has 0 aliphatic heterocycles. The number of Topliss-reactive ketones (excluding diaryl/α,β-unsaturated/α-hetero) is 1. The molecular formula is C15H17N3O2. The quantitative estimate of drug-likeness (QED) is 0.869. The van der Waals surface area contributed by atoms with Crippen LogP contribution in [0.5, 0.6) is 0 Å². The Labute approximate surface area is 117 Å². The van der Waals surface area contributed by atoms with Gasteiger partial charge in [0.15, 0.2) is 5.78 Å². The smallest absolute Gasteiger partial charge is 0.256 e. The number of nitrogens with one attached hydrogen (secondary N) is 1. The van der Waals surface area contributed by atoms with Gasteiger partial charge in [-0.15, -0.1) is 0 Å². The van der Waals surface area contributed by atoms with Crippen LogP contribution >= 0.6 is 0 Å². The van der Waals surface area contributed by atoms with Crippen LogP contribution in [-0.2, 0) is 6.54 Å². The molecule has 1 N–H and O–H groups in total. The van der Waals surface area contributed by atoms with Gasteiger partial charge in [-0.1, -0.05) is 12.1 Å². The van der Waals surface area contributed by atoms with E-state index in [-0.39, 0.29) is 11.7 Å². The summed E-state index contributed by atoms with van der Waals surface area (Å²) in [4.78, 5) is 23.6. The predicted molar refractivity (Wildman–Crippen MR) is 77.0 cm³/mol. The van der Waals surface area contributed by atoms with Crippen molar-refractivity contribution < 1.29 is 9.59 Å². The van der Waals surface area contributed by atoms with Crippen molar-refractivity contribution in [3.63, 3.8) is 0 Å². The highest BCUT2D eigenvalue weighted by Gasteiger charge is 2.13. The number of ketones is 1. The first-order chi connectivity index (χ1) is 9.52. The van der Waals surface area contributed by atoms with E-state index in [1.165, 1.54) is 6.92 Å². The van der Waals surface area contributed by atoms with Crippen LogP contribution in [0.3, 0.4) is 0 Å². The molecule has 0 aliphatic carbocycles. The number of nitrogens with zero attached hydrogens (tertiary/aromatic N) is 2. The lowest BCUT2D eigenvalue weighted by Gasteiger charge is -2.09. The Morgan fingerprint density at radius 2 is 2.00 bits per heavy atom. The number of benzene rings is 1. The van der Waals surface area contributed by atoms with Gasteiger partial charge in [0.25, 0.3) is 5.91 Å². The number of carbonyl (C=O) groups excluding carboxylic acids is 2. The maximum Gasteiger partial charge on any atom is 0.256 e. The molecule has 5 nitrogen and oxygen atoms in total. The molecule has 0 aliphatic rings. The molecule has 0 bridgehead atoms. The van der Waals surface area contributed by atoms with Crippen molar-refractivity contribution >= 4 is 17.5 Å². The first kappa shape index (κ1) is 14.0. The van der Waals surface area contributed by atoms with Crippen molar-refractivity contribution in [1.29, 1.82) is 0 Å². The van der Waals surface area contributed by atoms with Gasteiger partial charge < -0.3 is 5.32 Å². The van der Waals surface area contributed by atoms with Gasteiger partial charge in [-0.2, -0.15) is 5.10 Å². The Balaban J connectivity index is 2.26. The molecule has 1 aromatic carbocycles. The number of amides is 1. The van der Waals surface area contributed by atoms with E-state index in [0.29, 0.717) is 23.5 Å². The number of aryl methyl sites for hydroxylation is 2. The van der Waals surface area contributed by atoms with Gasteiger partial charge in [-0.25, -0.2) is 4.68 Å². The average Bonchev–Trinajstić information content (AvgIpc) is 2.79. The minimum absolute atomic E-state index is 0.0607. The molecule has 20 heavy (non-hydrogen) atoms. The maximum atomic E-state index is 12.2. The summed E-state index contributed by atoms with van der Waals surface area (Å²) in [5, 5.41) is 7.02. The Morgan fingerprint density at radius 3 is 2.65 bits per heavy atom. The van der Waals surface area contributed by atoms with Gasteiger partial charge in [0, 0.05) is 23.2 Å². The Bertz CT molecular complexity index is 659. The molecule has 0 spiro atoms. The molecule has 0 fully saturated rings. The van der Waals surface area contributed by atoms with Gasteiger partial charge in [0.2, 0.25) is 0 Å². The first-order valence-corrected chi connectivity index (χ1v) is 6.47. The van der Waals surface area contributed by atoms with Crippen molar-refractivity contribution in [1.82, 2.24) is 9.78 Å². The molecule has 0 saturated heterocycles. The van der Waals surface area contributed by atoms with E-state index in [1.54, 1.807) is 35.1 Å². The fourth-order valence-corrected chi connectivity index (χ4v) is 1.94. The average molecular weight is 271 g/mol. The number of hydrogen-bond donors (Lipinski definition) is 1. The van der Waals surface area contributed by atoms with Crippen LogP contribution in [-0.4, -0.2) is 21.5 Å². The van der Waals surface area contributed by atoms with Gasteiger partial charge in [-0.05, 0) is 32.9 Å². The Kier molecular flexibility index (Phi) is 3.98. The number of carbonyl (C=O) groups is 2. The van der Waals surface area contributed by atoms with E-state index in [0.717, 1.165) is 5.56 Å². The van der Waals surface area contributed by atoms with Gasteiger partial charge >= 0.3 is 0 Å². The van der Waals surface area contributed by atoms with Crippen LogP contribution in [0, 0.1) is 6.92 Å². The summed E-state index contributed by atoms with van der Waals surface area (Å²) in [6, 6.07) is 6.68. The fraction of sp³-hybridized carbons (Fsp3) is 0.267. The number of rotatable bonds is 4. The third-order valence-electron chi connectivity index (χ3n) is 3.09. The van der Waals surface area contributed by atoms with Crippen LogP contribution in [0.1, 0.15) is 40.1 Å². The molecule has 1 aromatic heterocycles. The zero-order chi connectivity index (χ0) is 14.7. The Morgan fingerprint density at radius 1 is 1.30 bits per heavy atom. The first-order valence-electron chi connectivity index (χ1n) is 6.47. The van der Waals surface area contributed by atoms with E-state index in [1.807, 2.05) is 13.8 Å². The second-order valence-electron chi connectivity index (χ2n) is 4.58. The highest BCUT2D eigenvalue weighted by molar-refractivity contribution is 6.06. The highest BCUT2D eigenvalue weighted by Crippen LogP contribution is 2.15. The molecule has 104 valence electrons. The molecule has 2 aromatic rings. The summed E-state index contributed by atoms with van der Waals surface area (Å²) in [5.41, 5.74) is 1.89. The van der Waals surface area contributed by atoms with Gasteiger partial charge in [-0.3, -0.25) is 9.59 Å². The van der Waals surface area contributed by atoms with Crippen LogP contribution < -0.4 is 5.32 Å². The second-order valence-corrected chi connectivity index (χ2v) is 4.58.